The molecule has 3 heteroatoms. The van der Waals surface area contributed by atoms with Crippen molar-refractivity contribution in [1.29, 1.82) is 0 Å². The maximum absolute atomic E-state index is 5.67. The molecule has 1 heterocycles. The SMILES string of the molecule is COc1ccc(CNCC[C@H](Cc2ccccc2)c2ccco2)cc1. The summed E-state index contributed by atoms with van der Waals surface area (Å²) in [6.45, 7) is 1.81. The van der Waals surface area contributed by atoms with Crippen molar-refractivity contribution in [3.8, 4) is 5.75 Å². The molecule has 0 bridgehead atoms. The molecule has 0 aliphatic rings. The Labute approximate surface area is 149 Å². The first-order valence-corrected chi connectivity index (χ1v) is 8.76. The number of hydrogen-bond acceptors (Lipinski definition) is 3. The van der Waals surface area contributed by atoms with Crippen molar-refractivity contribution in [3.63, 3.8) is 0 Å². The molecule has 0 aliphatic heterocycles. The van der Waals surface area contributed by atoms with Gasteiger partial charge in [0.1, 0.15) is 11.5 Å². The van der Waals surface area contributed by atoms with Crippen LogP contribution >= 0.6 is 0 Å². The zero-order valence-electron chi connectivity index (χ0n) is 14.7. The molecule has 0 fully saturated rings. The van der Waals surface area contributed by atoms with Gasteiger partial charge in [0.15, 0.2) is 0 Å². The summed E-state index contributed by atoms with van der Waals surface area (Å²) in [5.41, 5.74) is 2.61. The highest BCUT2D eigenvalue weighted by Crippen LogP contribution is 2.24. The standard InChI is InChI=1S/C22H25NO2/c1-24-21-11-9-19(10-12-21)17-23-14-13-20(22-8-5-15-25-22)16-18-6-3-2-4-7-18/h2-12,15,20,23H,13-14,16-17H2,1H3/t20-/m1/s1. The number of hydrogen-bond donors (Lipinski definition) is 1. The fourth-order valence-electron chi connectivity index (χ4n) is 3.02. The van der Waals surface area contributed by atoms with Crippen LogP contribution in [0.25, 0.3) is 0 Å². The minimum Gasteiger partial charge on any atom is -0.497 e. The maximum atomic E-state index is 5.67. The average Bonchev–Trinajstić information content (AvgIpc) is 3.20. The summed E-state index contributed by atoms with van der Waals surface area (Å²) < 4.78 is 10.9. The van der Waals surface area contributed by atoms with Crippen molar-refractivity contribution < 1.29 is 9.15 Å². The molecule has 0 radical (unpaired) electrons. The molecule has 0 saturated heterocycles. The number of rotatable bonds is 9. The molecule has 0 saturated carbocycles. The van der Waals surface area contributed by atoms with E-state index in [4.69, 9.17) is 9.15 Å². The molecular weight excluding hydrogens is 310 g/mol. The highest BCUT2D eigenvalue weighted by atomic mass is 16.5. The van der Waals surface area contributed by atoms with E-state index in [-0.39, 0.29) is 0 Å². The van der Waals surface area contributed by atoms with Gasteiger partial charge in [-0.3, -0.25) is 0 Å². The first-order valence-electron chi connectivity index (χ1n) is 8.76. The monoisotopic (exact) mass is 335 g/mol. The Morgan fingerprint density at radius 2 is 1.72 bits per heavy atom. The molecule has 0 amide bonds. The molecule has 3 aromatic rings. The molecule has 0 aliphatic carbocycles. The van der Waals surface area contributed by atoms with Crippen LogP contribution in [0.15, 0.2) is 77.4 Å². The van der Waals surface area contributed by atoms with Crippen LogP contribution < -0.4 is 10.1 Å². The van der Waals surface area contributed by atoms with Crippen molar-refractivity contribution in [3.05, 3.63) is 89.9 Å². The predicted octanol–water partition coefficient (Wildman–Crippen LogP) is 4.79. The summed E-state index contributed by atoms with van der Waals surface area (Å²) in [5.74, 6) is 2.35. The van der Waals surface area contributed by atoms with E-state index in [9.17, 15) is 0 Å². The van der Waals surface area contributed by atoms with Crippen LogP contribution in [0.3, 0.4) is 0 Å². The summed E-state index contributed by atoms with van der Waals surface area (Å²) in [6, 6.07) is 22.8. The van der Waals surface area contributed by atoms with Crippen molar-refractivity contribution in [2.45, 2.75) is 25.3 Å². The van der Waals surface area contributed by atoms with E-state index in [1.807, 2.05) is 18.2 Å². The average molecular weight is 335 g/mol. The van der Waals surface area contributed by atoms with Gasteiger partial charge in [0, 0.05) is 12.5 Å². The molecule has 130 valence electrons. The van der Waals surface area contributed by atoms with Gasteiger partial charge in [-0.1, -0.05) is 42.5 Å². The summed E-state index contributed by atoms with van der Waals surface area (Å²) in [5, 5.41) is 3.53. The quantitative estimate of drug-likeness (QED) is 0.571. The maximum Gasteiger partial charge on any atom is 0.118 e. The molecule has 2 aromatic carbocycles. The van der Waals surface area contributed by atoms with Crippen LogP contribution in [0.1, 0.15) is 29.2 Å². The minimum atomic E-state index is 0.390. The second kappa shape index (κ2) is 9.09. The third-order valence-corrected chi connectivity index (χ3v) is 4.43. The fraction of sp³-hybridized carbons (Fsp3) is 0.273. The molecular formula is C22H25NO2. The number of benzene rings is 2. The van der Waals surface area contributed by atoms with Gasteiger partial charge >= 0.3 is 0 Å². The largest absolute Gasteiger partial charge is 0.497 e. The van der Waals surface area contributed by atoms with Crippen LogP contribution in [0.4, 0.5) is 0 Å². The first kappa shape index (κ1) is 17.3. The Balaban J connectivity index is 1.52. The second-order valence-electron chi connectivity index (χ2n) is 6.22. The van der Waals surface area contributed by atoms with Gasteiger partial charge in [-0.05, 0) is 54.8 Å². The van der Waals surface area contributed by atoms with Crippen LogP contribution in [-0.2, 0) is 13.0 Å². The third-order valence-electron chi connectivity index (χ3n) is 4.43. The van der Waals surface area contributed by atoms with E-state index >= 15 is 0 Å². The van der Waals surface area contributed by atoms with Crippen LogP contribution in [0.2, 0.25) is 0 Å². The smallest absolute Gasteiger partial charge is 0.118 e. The van der Waals surface area contributed by atoms with Gasteiger partial charge in [-0.2, -0.15) is 0 Å². The van der Waals surface area contributed by atoms with Gasteiger partial charge in [0.25, 0.3) is 0 Å². The Morgan fingerprint density at radius 1 is 0.920 bits per heavy atom. The zero-order chi connectivity index (χ0) is 17.3. The van der Waals surface area contributed by atoms with Crippen molar-refractivity contribution in [2.24, 2.45) is 0 Å². The summed E-state index contributed by atoms with van der Waals surface area (Å²) >= 11 is 0. The predicted molar refractivity (Wildman–Crippen MR) is 101 cm³/mol. The zero-order valence-corrected chi connectivity index (χ0v) is 14.7. The minimum absolute atomic E-state index is 0.390. The first-order chi connectivity index (χ1) is 12.3. The topological polar surface area (TPSA) is 34.4 Å². The normalized spacial score (nSPS) is 12.0. The molecule has 3 rings (SSSR count). The lowest BCUT2D eigenvalue weighted by Gasteiger charge is -2.15. The van der Waals surface area contributed by atoms with Crippen LogP contribution in [-0.4, -0.2) is 13.7 Å². The van der Waals surface area contributed by atoms with Gasteiger partial charge in [0.05, 0.1) is 13.4 Å². The van der Waals surface area contributed by atoms with Crippen molar-refractivity contribution in [2.75, 3.05) is 13.7 Å². The Hall–Kier alpha value is -2.52. The number of ether oxygens (including phenoxy) is 1. The molecule has 1 atom stereocenters. The molecule has 1 aromatic heterocycles. The lowest BCUT2D eigenvalue weighted by atomic mass is 9.94. The number of methoxy groups -OCH3 is 1. The summed E-state index contributed by atoms with van der Waals surface area (Å²) in [4.78, 5) is 0. The lowest BCUT2D eigenvalue weighted by molar-refractivity contribution is 0.414. The molecule has 0 spiro atoms. The highest BCUT2D eigenvalue weighted by molar-refractivity contribution is 5.27. The summed E-state index contributed by atoms with van der Waals surface area (Å²) in [7, 11) is 1.69. The van der Waals surface area contributed by atoms with E-state index < -0.39 is 0 Å². The Morgan fingerprint density at radius 3 is 2.40 bits per heavy atom. The Bertz CT molecular complexity index is 720. The number of nitrogens with one attached hydrogen (secondary N) is 1. The van der Waals surface area contributed by atoms with E-state index in [1.165, 1.54) is 11.1 Å². The Kier molecular flexibility index (Phi) is 6.29. The molecule has 25 heavy (non-hydrogen) atoms. The van der Waals surface area contributed by atoms with Crippen LogP contribution in [0.5, 0.6) is 5.75 Å². The van der Waals surface area contributed by atoms with Crippen molar-refractivity contribution in [1.82, 2.24) is 5.32 Å². The van der Waals surface area contributed by atoms with Gasteiger partial charge < -0.3 is 14.5 Å². The third kappa shape index (κ3) is 5.23. The van der Waals surface area contributed by atoms with Gasteiger partial charge in [-0.15, -0.1) is 0 Å². The number of furan rings is 1. The van der Waals surface area contributed by atoms with Gasteiger partial charge in [0.2, 0.25) is 0 Å². The van der Waals surface area contributed by atoms with E-state index in [2.05, 4.69) is 53.8 Å². The van der Waals surface area contributed by atoms with E-state index in [0.29, 0.717) is 5.92 Å². The molecule has 3 nitrogen and oxygen atoms in total. The highest BCUT2D eigenvalue weighted by Gasteiger charge is 2.14. The van der Waals surface area contributed by atoms with Crippen LogP contribution in [0, 0.1) is 0 Å². The van der Waals surface area contributed by atoms with E-state index in [1.54, 1.807) is 13.4 Å². The van der Waals surface area contributed by atoms with Gasteiger partial charge in [-0.25, -0.2) is 0 Å². The lowest BCUT2D eigenvalue weighted by Crippen LogP contribution is -2.18. The molecule has 0 unspecified atom stereocenters. The van der Waals surface area contributed by atoms with Crippen molar-refractivity contribution >= 4 is 0 Å². The summed E-state index contributed by atoms with van der Waals surface area (Å²) in [6.07, 6.45) is 3.80. The van der Waals surface area contributed by atoms with E-state index in [0.717, 1.165) is 37.4 Å². The fourth-order valence-corrected chi connectivity index (χ4v) is 3.02. The second-order valence-corrected chi connectivity index (χ2v) is 6.22. The molecule has 1 N–H and O–H groups in total.